The molecule has 0 saturated heterocycles. The maximum absolute atomic E-state index is 11.6. The predicted octanol–water partition coefficient (Wildman–Crippen LogP) is 2.41. The predicted molar refractivity (Wildman–Crippen MR) is 66.9 cm³/mol. The third kappa shape index (κ3) is 7.34. The van der Waals surface area contributed by atoms with Crippen molar-refractivity contribution >= 4 is 5.97 Å². The van der Waals surface area contributed by atoms with Crippen LogP contribution < -0.4 is 0 Å². The normalized spacial score (nSPS) is 13.5. The van der Waals surface area contributed by atoms with E-state index in [9.17, 15) is 4.79 Å². The van der Waals surface area contributed by atoms with Gasteiger partial charge in [-0.25, -0.2) is 0 Å². The minimum absolute atomic E-state index is 0.158. The van der Waals surface area contributed by atoms with Crippen molar-refractivity contribution in [3.05, 3.63) is 0 Å². The topological polar surface area (TPSA) is 44.8 Å². The molecule has 4 nitrogen and oxygen atoms in total. The highest BCUT2D eigenvalue weighted by molar-refractivity contribution is 5.75. The van der Waals surface area contributed by atoms with Crippen molar-refractivity contribution < 1.29 is 19.0 Å². The van der Waals surface area contributed by atoms with Crippen LogP contribution in [0, 0.1) is 5.41 Å². The quantitative estimate of drug-likeness (QED) is 0.463. The number of esters is 1. The zero-order chi connectivity index (χ0) is 13.3. The molecular formula is C13H26O4. The van der Waals surface area contributed by atoms with Gasteiger partial charge >= 0.3 is 5.97 Å². The Labute approximate surface area is 105 Å². The van der Waals surface area contributed by atoms with Crippen LogP contribution in [0.2, 0.25) is 0 Å². The zero-order valence-corrected chi connectivity index (χ0v) is 11.7. The fourth-order valence-corrected chi connectivity index (χ4v) is 1.00. The van der Waals surface area contributed by atoms with E-state index in [-0.39, 0.29) is 12.1 Å². The number of carbonyl (C=O) groups excluding carboxylic acids is 1. The molecule has 0 fully saturated rings. The van der Waals surface area contributed by atoms with E-state index in [4.69, 9.17) is 14.2 Å². The van der Waals surface area contributed by atoms with Crippen molar-refractivity contribution in [3.8, 4) is 0 Å². The Kier molecular flexibility index (Phi) is 8.17. The van der Waals surface area contributed by atoms with Crippen LogP contribution in [-0.4, -0.2) is 39.0 Å². The Bertz CT molecular complexity index is 213. The third-order valence-electron chi connectivity index (χ3n) is 2.97. The van der Waals surface area contributed by atoms with Crippen LogP contribution in [0.3, 0.4) is 0 Å². The summed E-state index contributed by atoms with van der Waals surface area (Å²) in [6.45, 7) is 9.14. The van der Waals surface area contributed by atoms with E-state index in [2.05, 4.69) is 0 Å². The van der Waals surface area contributed by atoms with Gasteiger partial charge in [0, 0.05) is 13.7 Å². The van der Waals surface area contributed by atoms with Crippen LogP contribution in [0.5, 0.6) is 0 Å². The van der Waals surface area contributed by atoms with Crippen molar-refractivity contribution in [1.82, 2.24) is 0 Å². The smallest absolute Gasteiger partial charge is 0.311 e. The molecule has 102 valence electrons. The summed E-state index contributed by atoms with van der Waals surface area (Å²) in [6, 6.07) is 0. The molecular weight excluding hydrogens is 220 g/mol. The van der Waals surface area contributed by atoms with Crippen LogP contribution in [0.4, 0.5) is 0 Å². The number of hydrogen-bond donors (Lipinski definition) is 0. The van der Waals surface area contributed by atoms with Crippen molar-refractivity contribution in [1.29, 1.82) is 0 Å². The molecule has 0 saturated carbocycles. The standard InChI is InChI=1S/C13H26O4/c1-6-13(3,4)12(14)17-10-9-16-8-7-11(2)15-5/h11H,6-10H2,1-5H3. The van der Waals surface area contributed by atoms with Crippen LogP contribution >= 0.6 is 0 Å². The number of rotatable bonds is 9. The number of ether oxygens (including phenoxy) is 3. The van der Waals surface area contributed by atoms with Gasteiger partial charge in [0.15, 0.2) is 0 Å². The van der Waals surface area contributed by atoms with E-state index < -0.39 is 5.41 Å². The molecule has 1 unspecified atom stereocenters. The molecule has 17 heavy (non-hydrogen) atoms. The third-order valence-corrected chi connectivity index (χ3v) is 2.97. The minimum Gasteiger partial charge on any atom is -0.463 e. The van der Waals surface area contributed by atoms with E-state index in [1.807, 2.05) is 27.7 Å². The molecule has 4 heteroatoms. The Morgan fingerprint density at radius 2 is 1.88 bits per heavy atom. The molecule has 0 aromatic heterocycles. The van der Waals surface area contributed by atoms with Crippen molar-refractivity contribution in [2.24, 2.45) is 5.41 Å². The molecule has 0 rings (SSSR count). The largest absolute Gasteiger partial charge is 0.463 e. The van der Waals surface area contributed by atoms with Gasteiger partial charge in [-0.3, -0.25) is 4.79 Å². The first-order valence-corrected chi connectivity index (χ1v) is 6.21. The maximum Gasteiger partial charge on any atom is 0.311 e. The van der Waals surface area contributed by atoms with Gasteiger partial charge in [0.1, 0.15) is 6.61 Å². The molecule has 0 aliphatic heterocycles. The highest BCUT2D eigenvalue weighted by Crippen LogP contribution is 2.21. The van der Waals surface area contributed by atoms with E-state index in [0.717, 1.165) is 12.8 Å². The first-order valence-electron chi connectivity index (χ1n) is 6.21. The molecule has 0 bridgehead atoms. The van der Waals surface area contributed by atoms with Crippen LogP contribution in [0.25, 0.3) is 0 Å². The SMILES string of the molecule is CCC(C)(C)C(=O)OCCOCCC(C)OC. The summed E-state index contributed by atoms with van der Waals surface area (Å²) in [5.41, 5.74) is -0.398. The highest BCUT2D eigenvalue weighted by atomic mass is 16.6. The van der Waals surface area contributed by atoms with Gasteiger partial charge in [0.25, 0.3) is 0 Å². The van der Waals surface area contributed by atoms with Gasteiger partial charge < -0.3 is 14.2 Å². The maximum atomic E-state index is 11.6. The van der Waals surface area contributed by atoms with Crippen molar-refractivity contribution in [2.45, 2.75) is 46.6 Å². The summed E-state index contributed by atoms with van der Waals surface area (Å²) in [5, 5.41) is 0. The number of methoxy groups -OCH3 is 1. The molecule has 0 aliphatic carbocycles. The fraction of sp³-hybridized carbons (Fsp3) is 0.923. The number of hydrogen-bond acceptors (Lipinski definition) is 4. The van der Waals surface area contributed by atoms with Crippen LogP contribution in [0.15, 0.2) is 0 Å². The van der Waals surface area contributed by atoms with E-state index in [1.165, 1.54) is 0 Å². The summed E-state index contributed by atoms with van der Waals surface area (Å²) < 4.78 is 15.6. The molecule has 0 aliphatic rings. The van der Waals surface area contributed by atoms with Gasteiger partial charge in [-0.15, -0.1) is 0 Å². The summed E-state index contributed by atoms with van der Waals surface area (Å²) in [6.07, 6.45) is 1.83. The summed E-state index contributed by atoms with van der Waals surface area (Å²) in [7, 11) is 1.68. The van der Waals surface area contributed by atoms with Gasteiger partial charge in [0.2, 0.25) is 0 Å². The zero-order valence-electron chi connectivity index (χ0n) is 11.7. The Hall–Kier alpha value is -0.610. The van der Waals surface area contributed by atoms with Crippen LogP contribution in [-0.2, 0) is 19.0 Å². The molecule has 0 spiro atoms. The Morgan fingerprint density at radius 1 is 1.24 bits per heavy atom. The lowest BCUT2D eigenvalue weighted by molar-refractivity contribution is -0.155. The second-order valence-corrected chi connectivity index (χ2v) is 4.82. The van der Waals surface area contributed by atoms with Gasteiger partial charge in [-0.1, -0.05) is 6.92 Å². The molecule has 0 N–H and O–H groups in total. The lowest BCUT2D eigenvalue weighted by Gasteiger charge is -2.20. The average Bonchev–Trinajstić information content (AvgIpc) is 2.32. The van der Waals surface area contributed by atoms with Crippen molar-refractivity contribution in [2.75, 3.05) is 26.9 Å². The minimum atomic E-state index is -0.398. The Balaban J connectivity index is 3.49. The molecule has 0 heterocycles. The summed E-state index contributed by atoms with van der Waals surface area (Å²) in [5.74, 6) is -0.158. The second kappa shape index (κ2) is 8.48. The van der Waals surface area contributed by atoms with Gasteiger partial charge in [-0.2, -0.15) is 0 Å². The summed E-state index contributed by atoms with van der Waals surface area (Å²) >= 11 is 0. The van der Waals surface area contributed by atoms with Crippen molar-refractivity contribution in [3.63, 3.8) is 0 Å². The monoisotopic (exact) mass is 246 g/mol. The average molecular weight is 246 g/mol. The molecule has 0 amide bonds. The number of carbonyl (C=O) groups is 1. The van der Waals surface area contributed by atoms with Crippen LogP contribution in [0.1, 0.15) is 40.5 Å². The molecule has 1 atom stereocenters. The first-order chi connectivity index (χ1) is 7.94. The van der Waals surface area contributed by atoms with E-state index in [0.29, 0.717) is 19.8 Å². The van der Waals surface area contributed by atoms with E-state index in [1.54, 1.807) is 7.11 Å². The lowest BCUT2D eigenvalue weighted by atomic mass is 9.91. The molecule has 0 aromatic carbocycles. The Morgan fingerprint density at radius 3 is 2.41 bits per heavy atom. The highest BCUT2D eigenvalue weighted by Gasteiger charge is 2.26. The van der Waals surface area contributed by atoms with Gasteiger partial charge in [-0.05, 0) is 33.6 Å². The first kappa shape index (κ1) is 16.4. The van der Waals surface area contributed by atoms with E-state index >= 15 is 0 Å². The fourth-order valence-electron chi connectivity index (χ4n) is 1.00. The lowest BCUT2D eigenvalue weighted by Crippen LogP contribution is -2.27. The molecule has 0 radical (unpaired) electrons. The summed E-state index contributed by atoms with van der Waals surface area (Å²) in [4.78, 5) is 11.6. The molecule has 0 aromatic rings. The second-order valence-electron chi connectivity index (χ2n) is 4.82. The van der Waals surface area contributed by atoms with Gasteiger partial charge in [0.05, 0.1) is 18.1 Å².